The van der Waals surface area contributed by atoms with Crippen LogP contribution in [-0.4, -0.2) is 34.8 Å². The molecule has 4 nitrogen and oxygen atoms in total. The average Bonchev–Trinajstić information content (AvgIpc) is 2.67. The summed E-state index contributed by atoms with van der Waals surface area (Å²) in [6, 6.07) is 0.0382. The number of amides is 2. The second-order valence-electron chi connectivity index (χ2n) is 5.03. The molecule has 2 unspecified atom stereocenters. The Kier molecular flexibility index (Phi) is 3.17. The molecule has 4 heteroatoms. The maximum atomic E-state index is 12.2. The SMILES string of the molecule is CC1NC(=O)CC(C)N(C2CCCC2)C1=O. The van der Waals surface area contributed by atoms with Crippen molar-refractivity contribution >= 4 is 11.8 Å². The van der Waals surface area contributed by atoms with Crippen molar-refractivity contribution in [3.63, 3.8) is 0 Å². The average molecular weight is 224 g/mol. The largest absolute Gasteiger partial charge is 0.345 e. The molecule has 1 aliphatic heterocycles. The summed E-state index contributed by atoms with van der Waals surface area (Å²) in [5.41, 5.74) is 0. The van der Waals surface area contributed by atoms with Crippen molar-refractivity contribution < 1.29 is 9.59 Å². The van der Waals surface area contributed by atoms with Gasteiger partial charge in [-0.05, 0) is 26.7 Å². The first kappa shape index (κ1) is 11.4. The highest BCUT2D eigenvalue weighted by Gasteiger charge is 2.36. The summed E-state index contributed by atoms with van der Waals surface area (Å²) in [7, 11) is 0. The lowest BCUT2D eigenvalue weighted by molar-refractivity contribution is -0.136. The number of carbonyl (C=O) groups is 2. The molecular formula is C12H20N2O2. The number of rotatable bonds is 1. The van der Waals surface area contributed by atoms with Gasteiger partial charge < -0.3 is 10.2 Å². The number of hydrogen-bond acceptors (Lipinski definition) is 2. The molecule has 1 heterocycles. The normalized spacial score (nSPS) is 32.8. The van der Waals surface area contributed by atoms with E-state index in [2.05, 4.69) is 5.32 Å². The van der Waals surface area contributed by atoms with Crippen LogP contribution in [0.25, 0.3) is 0 Å². The Morgan fingerprint density at radius 2 is 1.81 bits per heavy atom. The van der Waals surface area contributed by atoms with Gasteiger partial charge in [0.05, 0.1) is 0 Å². The highest BCUT2D eigenvalue weighted by molar-refractivity contribution is 5.90. The number of hydrogen-bond donors (Lipinski definition) is 1. The summed E-state index contributed by atoms with van der Waals surface area (Å²) in [5.74, 6) is 0.0825. The Morgan fingerprint density at radius 3 is 2.44 bits per heavy atom. The minimum atomic E-state index is -0.363. The van der Waals surface area contributed by atoms with Crippen molar-refractivity contribution in [1.29, 1.82) is 0 Å². The van der Waals surface area contributed by atoms with E-state index in [4.69, 9.17) is 0 Å². The molecule has 0 aromatic heterocycles. The zero-order valence-electron chi connectivity index (χ0n) is 10.0. The van der Waals surface area contributed by atoms with Gasteiger partial charge in [-0.15, -0.1) is 0 Å². The van der Waals surface area contributed by atoms with E-state index in [9.17, 15) is 9.59 Å². The summed E-state index contributed by atoms with van der Waals surface area (Å²) in [6.07, 6.45) is 5.04. The van der Waals surface area contributed by atoms with E-state index in [1.54, 1.807) is 6.92 Å². The molecule has 2 fully saturated rings. The van der Waals surface area contributed by atoms with Crippen molar-refractivity contribution in [3.8, 4) is 0 Å². The van der Waals surface area contributed by atoms with Gasteiger partial charge in [-0.2, -0.15) is 0 Å². The molecule has 1 saturated carbocycles. The van der Waals surface area contributed by atoms with Gasteiger partial charge in [0, 0.05) is 18.5 Å². The molecule has 0 radical (unpaired) electrons. The molecule has 2 rings (SSSR count). The smallest absolute Gasteiger partial charge is 0.245 e. The first-order valence-electron chi connectivity index (χ1n) is 6.21. The van der Waals surface area contributed by atoms with Gasteiger partial charge >= 0.3 is 0 Å². The predicted octanol–water partition coefficient (Wildman–Crippen LogP) is 1.05. The molecule has 1 aliphatic carbocycles. The van der Waals surface area contributed by atoms with E-state index >= 15 is 0 Å². The van der Waals surface area contributed by atoms with Crippen LogP contribution in [0.5, 0.6) is 0 Å². The molecule has 0 spiro atoms. The Hall–Kier alpha value is -1.06. The summed E-state index contributed by atoms with van der Waals surface area (Å²) in [6.45, 7) is 3.76. The van der Waals surface area contributed by atoms with Crippen LogP contribution in [0.4, 0.5) is 0 Å². The van der Waals surface area contributed by atoms with Crippen molar-refractivity contribution in [2.75, 3.05) is 0 Å². The highest BCUT2D eigenvalue weighted by atomic mass is 16.2. The van der Waals surface area contributed by atoms with Crippen LogP contribution in [-0.2, 0) is 9.59 Å². The number of carbonyl (C=O) groups excluding carboxylic acids is 2. The van der Waals surface area contributed by atoms with Crippen LogP contribution in [0.3, 0.4) is 0 Å². The van der Waals surface area contributed by atoms with E-state index in [0.717, 1.165) is 12.8 Å². The third-order valence-electron chi connectivity index (χ3n) is 3.68. The molecule has 1 saturated heterocycles. The fourth-order valence-corrected chi connectivity index (χ4v) is 2.89. The Bertz CT molecular complexity index is 297. The molecule has 16 heavy (non-hydrogen) atoms. The quantitative estimate of drug-likeness (QED) is 0.724. The lowest BCUT2D eigenvalue weighted by Gasteiger charge is -2.33. The molecule has 0 aromatic carbocycles. The van der Waals surface area contributed by atoms with Crippen LogP contribution < -0.4 is 5.32 Å². The van der Waals surface area contributed by atoms with E-state index < -0.39 is 0 Å². The molecule has 0 aromatic rings. The molecule has 0 bridgehead atoms. The zero-order valence-corrected chi connectivity index (χ0v) is 10.0. The lowest BCUT2D eigenvalue weighted by Crippen LogP contribution is -2.49. The first-order valence-corrected chi connectivity index (χ1v) is 6.21. The summed E-state index contributed by atoms with van der Waals surface area (Å²) in [4.78, 5) is 25.7. The minimum Gasteiger partial charge on any atom is -0.345 e. The number of nitrogens with one attached hydrogen (secondary N) is 1. The van der Waals surface area contributed by atoms with Gasteiger partial charge in [-0.1, -0.05) is 12.8 Å². The maximum Gasteiger partial charge on any atom is 0.245 e. The Morgan fingerprint density at radius 1 is 1.19 bits per heavy atom. The van der Waals surface area contributed by atoms with Gasteiger partial charge in [0.2, 0.25) is 11.8 Å². The zero-order chi connectivity index (χ0) is 11.7. The van der Waals surface area contributed by atoms with E-state index in [1.807, 2.05) is 11.8 Å². The second-order valence-corrected chi connectivity index (χ2v) is 5.03. The van der Waals surface area contributed by atoms with Gasteiger partial charge in [0.1, 0.15) is 6.04 Å². The summed E-state index contributed by atoms with van der Waals surface area (Å²) < 4.78 is 0. The Balaban J connectivity index is 2.18. The van der Waals surface area contributed by atoms with Gasteiger partial charge in [0.25, 0.3) is 0 Å². The van der Waals surface area contributed by atoms with Crippen molar-refractivity contribution in [1.82, 2.24) is 10.2 Å². The molecule has 1 N–H and O–H groups in total. The summed E-state index contributed by atoms with van der Waals surface area (Å²) >= 11 is 0. The van der Waals surface area contributed by atoms with Crippen LogP contribution in [0.15, 0.2) is 0 Å². The van der Waals surface area contributed by atoms with Crippen LogP contribution in [0, 0.1) is 0 Å². The Labute approximate surface area is 96.4 Å². The van der Waals surface area contributed by atoms with E-state index in [1.165, 1.54) is 12.8 Å². The third kappa shape index (κ3) is 2.06. The third-order valence-corrected chi connectivity index (χ3v) is 3.68. The van der Waals surface area contributed by atoms with Gasteiger partial charge in [-0.3, -0.25) is 9.59 Å². The predicted molar refractivity (Wildman–Crippen MR) is 60.8 cm³/mol. The van der Waals surface area contributed by atoms with Gasteiger partial charge in [-0.25, -0.2) is 0 Å². The highest BCUT2D eigenvalue weighted by Crippen LogP contribution is 2.27. The maximum absolute atomic E-state index is 12.2. The van der Waals surface area contributed by atoms with Gasteiger partial charge in [0.15, 0.2) is 0 Å². The van der Waals surface area contributed by atoms with Crippen molar-refractivity contribution in [3.05, 3.63) is 0 Å². The molecule has 2 aliphatic rings. The lowest BCUT2D eigenvalue weighted by atomic mass is 10.1. The monoisotopic (exact) mass is 224 g/mol. The second kappa shape index (κ2) is 4.44. The van der Waals surface area contributed by atoms with Crippen molar-refractivity contribution in [2.45, 2.75) is 64.1 Å². The fourth-order valence-electron chi connectivity index (χ4n) is 2.89. The van der Waals surface area contributed by atoms with Crippen LogP contribution in [0.1, 0.15) is 46.0 Å². The van der Waals surface area contributed by atoms with E-state index in [0.29, 0.717) is 12.5 Å². The molecule has 2 amide bonds. The fraction of sp³-hybridized carbons (Fsp3) is 0.833. The summed E-state index contributed by atoms with van der Waals surface area (Å²) in [5, 5.41) is 2.75. The first-order chi connectivity index (χ1) is 7.59. The standard InChI is InChI=1S/C12H20N2O2/c1-8-7-11(15)13-9(2)12(16)14(8)10-5-3-4-6-10/h8-10H,3-7H2,1-2H3,(H,13,15). The molecule has 90 valence electrons. The van der Waals surface area contributed by atoms with Crippen LogP contribution in [0.2, 0.25) is 0 Å². The van der Waals surface area contributed by atoms with E-state index in [-0.39, 0.29) is 23.9 Å². The van der Waals surface area contributed by atoms with Crippen LogP contribution >= 0.6 is 0 Å². The molecule has 2 atom stereocenters. The number of nitrogens with zero attached hydrogens (tertiary/aromatic N) is 1. The van der Waals surface area contributed by atoms with Crippen molar-refractivity contribution in [2.24, 2.45) is 0 Å². The minimum absolute atomic E-state index is 0.00570. The molecular weight excluding hydrogens is 204 g/mol. The topological polar surface area (TPSA) is 49.4 Å².